The van der Waals surface area contributed by atoms with E-state index in [2.05, 4.69) is 18.2 Å². The van der Waals surface area contributed by atoms with Crippen LogP contribution in [0.3, 0.4) is 0 Å². The zero-order chi connectivity index (χ0) is 33.4. The largest absolute Gasteiger partial charge is 0.493 e. The Hall–Kier alpha value is -4.51. The van der Waals surface area contributed by atoms with Gasteiger partial charge in [0, 0.05) is 37.5 Å². The first-order chi connectivity index (χ1) is 22.6. The zero-order valence-corrected chi connectivity index (χ0v) is 27.7. The molecular formula is C36H44N4O7. The minimum atomic E-state index is -0.871. The van der Waals surface area contributed by atoms with Crippen molar-refractivity contribution in [1.82, 2.24) is 9.80 Å². The summed E-state index contributed by atoms with van der Waals surface area (Å²) in [4.78, 5) is 36.8. The lowest BCUT2D eigenvalue weighted by molar-refractivity contribution is 0.0497. The second-order valence-corrected chi connectivity index (χ2v) is 12.9. The van der Waals surface area contributed by atoms with Crippen LogP contribution in [-0.2, 0) is 0 Å². The van der Waals surface area contributed by atoms with E-state index in [0.29, 0.717) is 78.2 Å². The van der Waals surface area contributed by atoms with Crippen LogP contribution in [0.25, 0.3) is 0 Å². The number of amides is 2. The van der Waals surface area contributed by atoms with Gasteiger partial charge in [0.15, 0.2) is 23.0 Å². The Kier molecular flexibility index (Phi) is 9.18. The fourth-order valence-electron chi connectivity index (χ4n) is 6.94. The highest BCUT2D eigenvalue weighted by molar-refractivity contribution is 6.04. The summed E-state index contributed by atoms with van der Waals surface area (Å²) >= 11 is 0. The lowest BCUT2D eigenvalue weighted by Crippen LogP contribution is -2.50. The second kappa shape index (κ2) is 13.3. The molecule has 0 aromatic heterocycles. The van der Waals surface area contributed by atoms with Gasteiger partial charge in [-0.05, 0) is 58.1 Å². The van der Waals surface area contributed by atoms with Crippen molar-refractivity contribution in [1.29, 1.82) is 0 Å². The van der Waals surface area contributed by atoms with Gasteiger partial charge >= 0.3 is 0 Å². The van der Waals surface area contributed by atoms with Gasteiger partial charge in [-0.1, -0.05) is 24.3 Å². The molecule has 2 aromatic rings. The maximum Gasteiger partial charge on any atom is 0.257 e. The van der Waals surface area contributed by atoms with Crippen LogP contribution in [0.2, 0.25) is 0 Å². The molecular weight excluding hydrogens is 600 g/mol. The van der Waals surface area contributed by atoms with E-state index in [1.54, 1.807) is 42.2 Å². The predicted molar refractivity (Wildman–Crippen MR) is 180 cm³/mol. The van der Waals surface area contributed by atoms with Crippen molar-refractivity contribution in [2.24, 2.45) is 4.99 Å². The van der Waals surface area contributed by atoms with Crippen molar-refractivity contribution in [2.45, 2.75) is 70.3 Å². The molecule has 11 heteroatoms. The molecule has 250 valence electrons. The minimum absolute atomic E-state index is 0.0602. The fraction of sp³-hybridized carbons (Fsp3) is 0.472. The Morgan fingerprint density at radius 2 is 1.43 bits per heavy atom. The van der Waals surface area contributed by atoms with Crippen LogP contribution in [0.5, 0.6) is 23.0 Å². The van der Waals surface area contributed by atoms with E-state index in [0.717, 1.165) is 36.8 Å². The molecule has 6 rings (SSSR count). The first-order valence-electron chi connectivity index (χ1n) is 16.3. The van der Waals surface area contributed by atoms with Crippen molar-refractivity contribution in [2.75, 3.05) is 45.4 Å². The van der Waals surface area contributed by atoms with Crippen molar-refractivity contribution < 1.29 is 33.6 Å². The minimum Gasteiger partial charge on any atom is -0.493 e. The first-order valence-corrected chi connectivity index (χ1v) is 16.3. The third kappa shape index (κ3) is 6.16. The van der Waals surface area contributed by atoms with E-state index in [4.69, 9.17) is 18.9 Å². The van der Waals surface area contributed by atoms with Crippen molar-refractivity contribution in [3.05, 3.63) is 59.7 Å². The molecule has 4 heterocycles. The molecule has 2 saturated heterocycles. The number of hydrogen-bond acceptors (Lipinski definition) is 9. The van der Waals surface area contributed by atoms with E-state index < -0.39 is 6.23 Å². The number of ether oxygens (including phenoxy) is 4. The number of carbonyl (C=O) groups excluding carboxylic acids is 2. The highest BCUT2D eigenvalue weighted by Crippen LogP contribution is 2.43. The lowest BCUT2D eigenvalue weighted by atomic mass is 10.1. The van der Waals surface area contributed by atoms with Crippen LogP contribution in [0.4, 0.5) is 11.4 Å². The Bertz CT molecular complexity index is 1620. The molecule has 4 aliphatic rings. The Morgan fingerprint density at radius 3 is 2.09 bits per heavy atom. The van der Waals surface area contributed by atoms with Crippen LogP contribution in [0.15, 0.2) is 53.6 Å². The molecule has 0 bridgehead atoms. The molecule has 4 aliphatic heterocycles. The zero-order valence-electron chi connectivity index (χ0n) is 27.7. The summed E-state index contributed by atoms with van der Waals surface area (Å²) in [5.41, 5.74) is 4.13. The number of rotatable bonds is 11. The number of unbranched alkanes of at least 4 members (excludes halogenated alkanes) is 2. The van der Waals surface area contributed by atoms with E-state index in [1.165, 1.54) is 0 Å². The highest BCUT2D eigenvalue weighted by Gasteiger charge is 2.44. The molecule has 2 aromatic carbocycles. The Balaban J connectivity index is 1.07. The van der Waals surface area contributed by atoms with Gasteiger partial charge in [-0.15, -0.1) is 0 Å². The molecule has 11 nitrogen and oxygen atoms in total. The van der Waals surface area contributed by atoms with E-state index >= 15 is 0 Å². The molecule has 2 amide bonds. The number of aliphatic hydroxyl groups excluding tert-OH is 1. The van der Waals surface area contributed by atoms with Gasteiger partial charge in [0.25, 0.3) is 11.8 Å². The van der Waals surface area contributed by atoms with Crippen LogP contribution in [0, 0.1) is 0 Å². The number of hydrogen-bond donors (Lipinski definition) is 1. The summed E-state index contributed by atoms with van der Waals surface area (Å²) in [6.45, 7) is 14.0. The van der Waals surface area contributed by atoms with Gasteiger partial charge < -0.3 is 38.8 Å². The number of carbonyl (C=O) groups is 2. The molecule has 0 aliphatic carbocycles. The Labute approximate surface area is 276 Å². The summed E-state index contributed by atoms with van der Waals surface area (Å²) in [7, 11) is 3.12. The first kappa shape index (κ1) is 32.4. The SMILES string of the molecule is C=C1CC2C=Nc3cc(OCCCCCOc4cc5c(cc4OC)C(=O)N4CC(=C)CC4C(O)N5C(C)C)c(OC)cc3C(=O)N2C1. The van der Waals surface area contributed by atoms with Gasteiger partial charge in [0.2, 0.25) is 0 Å². The molecule has 3 unspecified atom stereocenters. The Morgan fingerprint density at radius 1 is 0.830 bits per heavy atom. The molecule has 1 N–H and O–H groups in total. The third-order valence-corrected chi connectivity index (χ3v) is 9.28. The van der Waals surface area contributed by atoms with Crippen molar-refractivity contribution >= 4 is 29.4 Å². The summed E-state index contributed by atoms with van der Waals surface area (Å²) < 4.78 is 23.5. The third-order valence-electron chi connectivity index (χ3n) is 9.28. The number of methoxy groups -OCH3 is 2. The standard InChI is InChI=1S/C36H44N4O7/c1-21(2)40-28-17-33(31(45-6)15-26(28)35(42)39-20-23(4)13-29(39)36(40)43)47-11-9-7-8-10-46-32-16-27-25(14-30(32)44-5)34(41)38-19-22(3)12-24(38)18-37-27/h14-18,21,24,29,36,43H,3-4,7-13,19-20H2,1-2,5-6H3. The van der Waals surface area contributed by atoms with Crippen LogP contribution < -0.4 is 23.8 Å². The maximum atomic E-state index is 13.6. The molecule has 0 radical (unpaired) electrons. The quantitative estimate of drug-likeness (QED) is 0.265. The molecule has 3 atom stereocenters. The van der Waals surface area contributed by atoms with E-state index in [1.807, 2.05) is 31.0 Å². The van der Waals surface area contributed by atoms with Gasteiger partial charge in [0.05, 0.1) is 62.0 Å². The molecule has 2 fully saturated rings. The average Bonchev–Trinajstić information content (AvgIpc) is 3.58. The number of fused-ring (bicyclic) bond motifs is 4. The average molecular weight is 645 g/mol. The van der Waals surface area contributed by atoms with Gasteiger partial charge in [-0.3, -0.25) is 14.6 Å². The van der Waals surface area contributed by atoms with Crippen molar-refractivity contribution in [3.63, 3.8) is 0 Å². The summed E-state index contributed by atoms with van der Waals surface area (Å²) in [5.74, 6) is 1.80. The molecule has 47 heavy (non-hydrogen) atoms. The van der Waals surface area contributed by atoms with E-state index in [9.17, 15) is 14.7 Å². The highest BCUT2D eigenvalue weighted by atomic mass is 16.5. The van der Waals surface area contributed by atoms with Gasteiger partial charge in [0.1, 0.15) is 6.23 Å². The van der Waals surface area contributed by atoms with Crippen molar-refractivity contribution in [3.8, 4) is 23.0 Å². The van der Waals surface area contributed by atoms with Crippen LogP contribution in [0.1, 0.15) is 66.7 Å². The smallest absolute Gasteiger partial charge is 0.257 e. The van der Waals surface area contributed by atoms with Gasteiger partial charge in [-0.25, -0.2) is 0 Å². The second-order valence-electron chi connectivity index (χ2n) is 12.9. The number of anilines is 1. The van der Waals surface area contributed by atoms with E-state index in [-0.39, 0.29) is 29.9 Å². The summed E-state index contributed by atoms with van der Waals surface area (Å²) in [6, 6.07) is 6.52. The predicted octanol–water partition coefficient (Wildman–Crippen LogP) is 5.14. The number of benzene rings is 2. The lowest BCUT2D eigenvalue weighted by Gasteiger charge is -2.36. The topological polar surface area (TPSA) is 113 Å². The monoisotopic (exact) mass is 644 g/mol. The fourth-order valence-corrected chi connectivity index (χ4v) is 6.94. The molecule has 0 saturated carbocycles. The summed E-state index contributed by atoms with van der Waals surface area (Å²) in [5, 5.41) is 11.4. The number of nitrogens with zero attached hydrogens (tertiary/aromatic N) is 4. The number of aliphatic imine (C=N–C) groups is 1. The van der Waals surface area contributed by atoms with Gasteiger partial charge in [-0.2, -0.15) is 0 Å². The maximum absolute atomic E-state index is 13.6. The molecule has 0 spiro atoms. The van der Waals surface area contributed by atoms with Crippen LogP contribution in [-0.4, -0.2) is 97.8 Å². The van der Waals surface area contributed by atoms with Crippen LogP contribution >= 0.6 is 0 Å². The normalized spacial score (nSPS) is 21.7. The number of aliphatic hydroxyl groups is 1. The summed E-state index contributed by atoms with van der Waals surface area (Å²) in [6.07, 6.45) is 4.61.